The summed E-state index contributed by atoms with van der Waals surface area (Å²) in [4.78, 5) is 0. The summed E-state index contributed by atoms with van der Waals surface area (Å²) in [6.07, 6.45) is 2.40. The lowest BCUT2D eigenvalue weighted by Crippen LogP contribution is -2.35. The second-order valence-corrected chi connectivity index (χ2v) is 17.1. The van der Waals surface area contributed by atoms with E-state index < -0.39 is 7.11 Å². The number of hydrogen-bond donors (Lipinski definition) is 0. The lowest BCUT2D eigenvalue weighted by Gasteiger charge is -2.41. The van der Waals surface area contributed by atoms with Gasteiger partial charge in [0.1, 0.15) is 12.9 Å². The molecule has 1 atom stereocenters. The van der Waals surface area contributed by atoms with Gasteiger partial charge in [0, 0.05) is 10.6 Å². The highest BCUT2D eigenvalue weighted by molar-refractivity contribution is 7.87. The topological polar surface area (TPSA) is 9.23 Å². The van der Waals surface area contributed by atoms with Gasteiger partial charge in [-0.3, -0.25) is 0 Å². The first kappa shape index (κ1) is 29.2. The van der Waals surface area contributed by atoms with E-state index in [2.05, 4.69) is 171 Å². The smallest absolute Gasteiger partial charge is 0.124 e. The van der Waals surface area contributed by atoms with E-state index in [1.54, 1.807) is 0 Å². The quantitative estimate of drug-likeness (QED) is 0.226. The molecule has 0 saturated carbocycles. The van der Waals surface area contributed by atoms with Crippen LogP contribution in [0.5, 0.6) is 5.75 Å². The van der Waals surface area contributed by atoms with Crippen LogP contribution in [0.2, 0.25) is 0 Å². The van der Waals surface area contributed by atoms with E-state index in [9.17, 15) is 0 Å². The van der Waals surface area contributed by atoms with Crippen molar-refractivity contribution in [2.24, 2.45) is 0 Å². The van der Waals surface area contributed by atoms with Gasteiger partial charge in [-0.1, -0.05) is 147 Å². The molecule has 5 rings (SSSR count). The van der Waals surface area contributed by atoms with Crippen molar-refractivity contribution < 1.29 is 4.52 Å². The molecule has 0 fully saturated rings. The standard InChI is InChI=1S/C39H45OP/c1-37(2,3)31-25-33(38(4,5)6)36(34(26-31)39(7,8)9)41(40-32-22-14-11-15-23-32)27-30-21-17-16-20-29(30)24-35(41)28-18-12-10-13-19-28/h10-27H,1-9H3. The molecule has 1 heterocycles. The highest BCUT2D eigenvalue weighted by Crippen LogP contribution is 2.64. The van der Waals surface area contributed by atoms with Crippen LogP contribution in [0.3, 0.4) is 0 Å². The predicted molar refractivity (Wildman–Crippen MR) is 182 cm³/mol. The molecule has 0 saturated heterocycles. The molecular formula is C39H45OP. The zero-order valence-corrected chi connectivity index (χ0v) is 27.1. The third kappa shape index (κ3) is 5.75. The summed E-state index contributed by atoms with van der Waals surface area (Å²) in [6, 6.07) is 35.0. The van der Waals surface area contributed by atoms with Crippen LogP contribution in [-0.4, -0.2) is 5.80 Å². The van der Waals surface area contributed by atoms with Gasteiger partial charge in [0.2, 0.25) is 0 Å². The van der Waals surface area contributed by atoms with E-state index in [4.69, 9.17) is 4.52 Å². The summed E-state index contributed by atoms with van der Waals surface area (Å²) in [5, 5.41) is 2.62. The van der Waals surface area contributed by atoms with Crippen molar-refractivity contribution in [3.8, 4) is 5.75 Å². The van der Waals surface area contributed by atoms with Gasteiger partial charge < -0.3 is 4.52 Å². The maximum atomic E-state index is 7.54. The molecule has 0 aromatic heterocycles. The fourth-order valence-electron chi connectivity index (χ4n) is 5.68. The predicted octanol–water partition coefficient (Wildman–Crippen LogP) is 10.6. The number of para-hydroxylation sites is 1. The molecule has 1 unspecified atom stereocenters. The number of rotatable bonds is 4. The van der Waals surface area contributed by atoms with Crippen LogP contribution < -0.4 is 9.83 Å². The summed E-state index contributed by atoms with van der Waals surface area (Å²) in [7, 11) is -2.63. The van der Waals surface area contributed by atoms with E-state index in [1.165, 1.54) is 44.0 Å². The summed E-state index contributed by atoms with van der Waals surface area (Å²) in [5.74, 6) is 3.40. The van der Waals surface area contributed by atoms with Crippen LogP contribution >= 0.6 is 7.11 Å². The van der Waals surface area contributed by atoms with Crippen molar-refractivity contribution in [2.75, 3.05) is 0 Å². The van der Waals surface area contributed by atoms with E-state index in [0.29, 0.717) is 0 Å². The maximum absolute atomic E-state index is 7.54. The second kappa shape index (κ2) is 10.5. The molecule has 212 valence electrons. The number of hydrogen-bond acceptors (Lipinski definition) is 1. The van der Waals surface area contributed by atoms with Gasteiger partial charge in [-0.05, 0) is 73.6 Å². The van der Waals surface area contributed by atoms with Crippen LogP contribution in [-0.2, 0) is 16.2 Å². The minimum atomic E-state index is -2.63. The third-order valence-electron chi connectivity index (χ3n) is 7.95. The molecular weight excluding hydrogens is 515 g/mol. The molecule has 1 aliphatic heterocycles. The summed E-state index contributed by atoms with van der Waals surface area (Å²) >= 11 is 0. The first-order chi connectivity index (χ1) is 19.2. The van der Waals surface area contributed by atoms with Gasteiger partial charge in [0.25, 0.3) is 0 Å². The largest absolute Gasteiger partial charge is 0.468 e. The minimum absolute atomic E-state index is 0.0192. The summed E-state index contributed by atoms with van der Waals surface area (Å²) < 4.78 is 7.54. The van der Waals surface area contributed by atoms with Crippen molar-refractivity contribution in [2.45, 2.75) is 78.6 Å². The van der Waals surface area contributed by atoms with Crippen molar-refractivity contribution in [1.82, 2.24) is 0 Å². The molecule has 2 heteroatoms. The summed E-state index contributed by atoms with van der Waals surface area (Å²) in [5.41, 5.74) is 7.61. The monoisotopic (exact) mass is 560 g/mol. The van der Waals surface area contributed by atoms with Crippen molar-refractivity contribution in [3.63, 3.8) is 0 Å². The maximum Gasteiger partial charge on any atom is 0.124 e. The van der Waals surface area contributed by atoms with Crippen LogP contribution in [0, 0.1) is 0 Å². The third-order valence-corrected chi connectivity index (χ3v) is 11.3. The number of fused-ring (bicyclic) bond motifs is 1. The SMILES string of the molecule is CC(C)(C)c1cc(C(C)(C)C)c(P2(Oc3ccccc3)=Cc3ccccc3C=C2c2ccccc2)c(C(C)(C)C)c1. The Bertz CT molecular complexity index is 1600. The van der Waals surface area contributed by atoms with Crippen LogP contribution in [0.1, 0.15) is 95.7 Å². The van der Waals surface area contributed by atoms with Gasteiger partial charge in [-0.15, -0.1) is 0 Å². The van der Waals surface area contributed by atoms with Gasteiger partial charge >= 0.3 is 0 Å². The van der Waals surface area contributed by atoms with Gasteiger partial charge in [0.15, 0.2) is 0 Å². The molecule has 1 aliphatic rings. The van der Waals surface area contributed by atoms with E-state index in [-0.39, 0.29) is 16.2 Å². The van der Waals surface area contributed by atoms with Crippen molar-refractivity contribution in [3.05, 3.63) is 130 Å². The Morgan fingerprint density at radius 3 is 1.54 bits per heavy atom. The Hall–Kier alpha value is -3.28. The Kier molecular flexibility index (Phi) is 7.50. The molecule has 41 heavy (non-hydrogen) atoms. The molecule has 0 spiro atoms. The molecule has 0 N–H and O–H groups in total. The fourth-order valence-corrected chi connectivity index (χ4v) is 9.89. The van der Waals surface area contributed by atoms with Crippen LogP contribution in [0.4, 0.5) is 0 Å². The van der Waals surface area contributed by atoms with E-state index >= 15 is 0 Å². The lowest BCUT2D eigenvalue weighted by molar-refractivity contribution is 0.551. The molecule has 0 aliphatic carbocycles. The molecule has 1 nitrogen and oxygen atoms in total. The van der Waals surface area contributed by atoms with Crippen molar-refractivity contribution >= 4 is 29.6 Å². The Balaban J connectivity index is 2.03. The molecule has 4 aromatic rings. The Morgan fingerprint density at radius 2 is 1.02 bits per heavy atom. The zero-order chi connectivity index (χ0) is 29.6. The fraction of sp³-hybridized carbons (Fsp3) is 0.308. The van der Waals surface area contributed by atoms with Crippen molar-refractivity contribution in [1.29, 1.82) is 0 Å². The Morgan fingerprint density at radius 1 is 0.537 bits per heavy atom. The zero-order valence-electron chi connectivity index (χ0n) is 26.2. The normalized spacial score (nSPS) is 17.3. The number of benzene rings is 4. The van der Waals surface area contributed by atoms with E-state index in [0.717, 1.165) is 5.75 Å². The molecule has 0 radical (unpaired) electrons. The lowest BCUT2D eigenvalue weighted by atomic mass is 9.75. The highest BCUT2D eigenvalue weighted by atomic mass is 31.2. The first-order valence-electron chi connectivity index (χ1n) is 14.8. The van der Waals surface area contributed by atoms with Gasteiger partial charge in [-0.25, -0.2) is 0 Å². The molecule has 0 bridgehead atoms. The molecule has 0 amide bonds. The van der Waals surface area contributed by atoms with Crippen LogP contribution in [0.25, 0.3) is 11.4 Å². The highest BCUT2D eigenvalue weighted by Gasteiger charge is 2.41. The van der Waals surface area contributed by atoms with Gasteiger partial charge in [-0.2, -0.15) is 0 Å². The van der Waals surface area contributed by atoms with E-state index in [1.807, 2.05) is 0 Å². The average Bonchev–Trinajstić information content (AvgIpc) is 2.91. The first-order valence-corrected chi connectivity index (χ1v) is 16.5. The van der Waals surface area contributed by atoms with Crippen LogP contribution in [0.15, 0.2) is 97.1 Å². The average molecular weight is 561 g/mol. The minimum Gasteiger partial charge on any atom is -0.468 e. The second-order valence-electron chi connectivity index (χ2n) is 14.4. The summed E-state index contributed by atoms with van der Waals surface area (Å²) in [6.45, 7) is 21.1. The van der Waals surface area contributed by atoms with Gasteiger partial charge in [0.05, 0.1) is 0 Å². The Labute approximate surface area is 248 Å². The molecule has 4 aromatic carbocycles.